The van der Waals surface area contributed by atoms with Gasteiger partial charge in [-0.05, 0) is 36.4 Å². The Labute approximate surface area is 121 Å². The van der Waals surface area contributed by atoms with Crippen LogP contribution in [0.15, 0.2) is 53.1 Å². The molecule has 19 heavy (non-hydrogen) atoms. The van der Waals surface area contributed by atoms with E-state index in [0.717, 1.165) is 16.6 Å². The van der Waals surface area contributed by atoms with Crippen LogP contribution < -0.4 is 0 Å². The number of benzene rings is 1. The summed E-state index contributed by atoms with van der Waals surface area (Å²) in [5, 5.41) is 0. The highest BCUT2D eigenvalue weighted by Gasteiger charge is 2.11. The third-order valence-electron chi connectivity index (χ3n) is 2.87. The number of aromatic nitrogens is 1. The lowest BCUT2D eigenvalue weighted by Crippen LogP contribution is -2.28. The van der Waals surface area contributed by atoms with Gasteiger partial charge in [-0.3, -0.25) is 9.78 Å². The molecule has 1 aromatic carbocycles. The maximum atomic E-state index is 12.2. The number of halogens is 1. The molecule has 1 aromatic heterocycles. The van der Waals surface area contributed by atoms with Crippen molar-refractivity contribution in [2.45, 2.75) is 6.42 Å². The van der Waals surface area contributed by atoms with Crippen LogP contribution in [0.25, 0.3) is 0 Å². The van der Waals surface area contributed by atoms with Crippen molar-refractivity contribution in [3.8, 4) is 0 Å². The first-order valence-corrected chi connectivity index (χ1v) is 6.87. The predicted molar refractivity (Wildman–Crippen MR) is 79.0 cm³/mol. The van der Waals surface area contributed by atoms with Gasteiger partial charge >= 0.3 is 0 Å². The number of likely N-dealkylation sites (N-methyl/N-ethyl adjacent to an activating group) is 1. The number of hydrogen-bond acceptors (Lipinski definition) is 2. The van der Waals surface area contributed by atoms with Crippen LogP contribution in [0.5, 0.6) is 0 Å². The molecule has 0 aliphatic carbocycles. The minimum atomic E-state index is 0.0310. The lowest BCUT2D eigenvalue weighted by atomic mass is 10.2. The smallest absolute Gasteiger partial charge is 0.253 e. The second kappa shape index (κ2) is 6.48. The molecule has 2 aromatic rings. The minimum absolute atomic E-state index is 0.0310. The molecule has 0 unspecified atom stereocenters. The van der Waals surface area contributed by atoms with Gasteiger partial charge in [-0.2, -0.15) is 0 Å². The number of amides is 1. The van der Waals surface area contributed by atoms with E-state index in [9.17, 15) is 4.79 Å². The van der Waals surface area contributed by atoms with Crippen molar-refractivity contribution < 1.29 is 4.79 Å². The number of carbonyl (C=O) groups excluding carboxylic acids is 1. The zero-order valence-electron chi connectivity index (χ0n) is 10.7. The zero-order chi connectivity index (χ0) is 13.7. The van der Waals surface area contributed by atoms with Crippen LogP contribution in [0.2, 0.25) is 0 Å². The summed E-state index contributed by atoms with van der Waals surface area (Å²) >= 11 is 3.36. The molecule has 0 fully saturated rings. The molecule has 1 heterocycles. The molecule has 2 rings (SSSR count). The average molecular weight is 319 g/mol. The maximum absolute atomic E-state index is 12.2. The molecule has 98 valence electrons. The summed E-state index contributed by atoms with van der Waals surface area (Å²) in [4.78, 5) is 18.1. The summed E-state index contributed by atoms with van der Waals surface area (Å²) in [7, 11) is 1.81. The first-order chi connectivity index (χ1) is 9.16. The third kappa shape index (κ3) is 3.89. The van der Waals surface area contributed by atoms with E-state index >= 15 is 0 Å². The van der Waals surface area contributed by atoms with E-state index in [0.29, 0.717) is 12.1 Å². The molecular formula is C15H15BrN2O. The lowest BCUT2D eigenvalue weighted by molar-refractivity contribution is 0.0796. The van der Waals surface area contributed by atoms with Crippen LogP contribution in [0.3, 0.4) is 0 Å². The fraction of sp³-hybridized carbons (Fsp3) is 0.200. The molecule has 0 aliphatic rings. The molecule has 0 radical (unpaired) electrons. The Kier molecular flexibility index (Phi) is 4.68. The van der Waals surface area contributed by atoms with Gasteiger partial charge in [0.05, 0.1) is 0 Å². The standard InChI is InChI=1S/C15H15BrN2O/c1-18(11-9-14-4-2-3-10-17-14)15(19)12-5-7-13(16)8-6-12/h2-8,10H,9,11H2,1H3. The summed E-state index contributed by atoms with van der Waals surface area (Å²) in [5.41, 5.74) is 1.70. The number of carbonyl (C=O) groups is 1. The second-order valence-electron chi connectivity index (χ2n) is 4.30. The van der Waals surface area contributed by atoms with Gasteiger partial charge in [0.25, 0.3) is 5.91 Å². The Hall–Kier alpha value is -1.68. The van der Waals surface area contributed by atoms with Crippen LogP contribution in [0, 0.1) is 0 Å². The van der Waals surface area contributed by atoms with Crippen molar-refractivity contribution in [2.75, 3.05) is 13.6 Å². The van der Waals surface area contributed by atoms with Crippen molar-refractivity contribution in [1.82, 2.24) is 9.88 Å². The predicted octanol–water partition coefficient (Wildman–Crippen LogP) is 3.16. The van der Waals surface area contributed by atoms with Crippen molar-refractivity contribution in [3.05, 3.63) is 64.4 Å². The van der Waals surface area contributed by atoms with E-state index in [1.54, 1.807) is 11.1 Å². The minimum Gasteiger partial charge on any atom is -0.341 e. The lowest BCUT2D eigenvalue weighted by Gasteiger charge is -2.17. The van der Waals surface area contributed by atoms with Crippen LogP contribution in [0.4, 0.5) is 0 Å². The van der Waals surface area contributed by atoms with Crippen molar-refractivity contribution >= 4 is 21.8 Å². The maximum Gasteiger partial charge on any atom is 0.253 e. The van der Waals surface area contributed by atoms with Crippen molar-refractivity contribution in [2.24, 2.45) is 0 Å². The highest BCUT2D eigenvalue weighted by atomic mass is 79.9. The molecule has 1 amide bonds. The van der Waals surface area contributed by atoms with E-state index in [1.807, 2.05) is 49.5 Å². The van der Waals surface area contributed by atoms with Gasteiger partial charge < -0.3 is 4.90 Å². The number of nitrogens with zero attached hydrogens (tertiary/aromatic N) is 2. The van der Waals surface area contributed by atoms with Crippen molar-refractivity contribution in [3.63, 3.8) is 0 Å². The Morgan fingerprint density at radius 1 is 1.21 bits per heavy atom. The van der Waals surface area contributed by atoms with Gasteiger partial charge in [0.15, 0.2) is 0 Å². The van der Waals surface area contributed by atoms with Gasteiger partial charge in [0.1, 0.15) is 0 Å². The molecule has 0 atom stereocenters. The second-order valence-corrected chi connectivity index (χ2v) is 5.22. The SMILES string of the molecule is CN(CCc1ccccn1)C(=O)c1ccc(Br)cc1. The Morgan fingerprint density at radius 2 is 1.95 bits per heavy atom. The third-order valence-corrected chi connectivity index (χ3v) is 3.40. The molecule has 0 aliphatic heterocycles. The van der Waals surface area contributed by atoms with Crippen LogP contribution in [0.1, 0.15) is 16.1 Å². The number of hydrogen-bond donors (Lipinski definition) is 0. The van der Waals surface area contributed by atoms with Crippen LogP contribution in [-0.2, 0) is 6.42 Å². The topological polar surface area (TPSA) is 33.2 Å². The Bertz CT molecular complexity index is 540. The molecule has 0 saturated heterocycles. The highest BCUT2D eigenvalue weighted by molar-refractivity contribution is 9.10. The molecule has 0 bridgehead atoms. The van der Waals surface area contributed by atoms with E-state index in [2.05, 4.69) is 20.9 Å². The molecule has 3 nitrogen and oxygen atoms in total. The highest BCUT2D eigenvalue weighted by Crippen LogP contribution is 2.12. The summed E-state index contributed by atoms with van der Waals surface area (Å²) in [6, 6.07) is 13.2. The monoisotopic (exact) mass is 318 g/mol. The molecular weight excluding hydrogens is 304 g/mol. The Morgan fingerprint density at radius 3 is 2.58 bits per heavy atom. The van der Waals surface area contributed by atoms with Gasteiger partial charge in [-0.25, -0.2) is 0 Å². The van der Waals surface area contributed by atoms with Gasteiger partial charge in [-0.15, -0.1) is 0 Å². The van der Waals surface area contributed by atoms with Gasteiger partial charge in [-0.1, -0.05) is 22.0 Å². The quantitative estimate of drug-likeness (QED) is 0.867. The van der Waals surface area contributed by atoms with E-state index < -0.39 is 0 Å². The summed E-state index contributed by atoms with van der Waals surface area (Å²) in [6.07, 6.45) is 2.53. The summed E-state index contributed by atoms with van der Waals surface area (Å²) < 4.78 is 0.972. The van der Waals surface area contributed by atoms with Gasteiger partial charge in [0.2, 0.25) is 0 Å². The first-order valence-electron chi connectivity index (χ1n) is 6.08. The molecule has 0 spiro atoms. The molecule has 0 saturated carbocycles. The van der Waals surface area contributed by atoms with Crippen LogP contribution >= 0.6 is 15.9 Å². The zero-order valence-corrected chi connectivity index (χ0v) is 12.3. The first kappa shape index (κ1) is 13.7. The largest absolute Gasteiger partial charge is 0.341 e. The van der Waals surface area contributed by atoms with E-state index in [-0.39, 0.29) is 5.91 Å². The summed E-state index contributed by atoms with van der Waals surface area (Å²) in [6.45, 7) is 0.659. The van der Waals surface area contributed by atoms with Crippen LogP contribution in [-0.4, -0.2) is 29.4 Å². The van der Waals surface area contributed by atoms with Crippen molar-refractivity contribution in [1.29, 1.82) is 0 Å². The average Bonchev–Trinajstić information content (AvgIpc) is 2.46. The van der Waals surface area contributed by atoms with Gasteiger partial charge in [0, 0.05) is 41.9 Å². The molecule has 0 N–H and O–H groups in total. The Balaban J connectivity index is 1.94. The molecule has 4 heteroatoms. The number of rotatable bonds is 4. The fourth-order valence-electron chi connectivity index (χ4n) is 1.74. The van der Waals surface area contributed by atoms with E-state index in [1.165, 1.54) is 0 Å². The van der Waals surface area contributed by atoms with E-state index in [4.69, 9.17) is 0 Å². The summed E-state index contributed by atoms with van der Waals surface area (Å²) in [5.74, 6) is 0.0310. The normalized spacial score (nSPS) is 10.2. The number of pyridine rings is 1. The fourth-order valence-corrected chi connectivity index (χ4v) is 2.01.